The quantitative estimate of drug-likeness (QED) is 0.748. The molecule has 0 radical (unpaired) electrons. The number of aromatic nitrogens is 1. The zero-order valence-electron chi connectivity index (χ0n) is 6.82. The van der Waals surface area contributed by atoms with Crippen molar-refractivity contribution in [3.05, 3.63) is 28.0 Å². The lowest BCUT2D eigenvalue weighted by Crippen LogP contribution is -2.09. The molecule has 0 unspecified atom stereocenters. The Hall–Kier alpha value is -0.580. The second-order valence-electron chi connectivity index (χ2n) is 2.51. The number of halogens is 4. The highest BCUT2D eigenvalue weighted by atomic mass is 79.9. The number of aryl methyl sites for hydroxylation is 1. The van der Waals surface area contributed by atoms with Gasteiger partial charge in [-0.3, -0.25) is 0 Å². The molecule has 72 valence electrons. The highest BCUT2D eigenvalue weighted by molar-refractivity contribution is 9.10. The molecule has 1 nitrogen and oxygen atoms in total. The molecule has 0 aliphatic heterocycles. The molecule has 0 spiro atoms. The van der Waals surface area contributed by atoms with E-state index in [4.69, 9.17) is 0 Å². The Balaban J connectivity index is 3.16. The number of alkyl halides is 3. The van der Waals surface area contributed by atoms with Gasteiger partial charge in [0.05, 0.1) is 0 Å². The topological polar surface area (TPSA) is 12.9 Å². The molecule has 0 aliphatic rings. The number of hydrogen-bond donors (Lipinski definition) is 0. The van der Waals surface area contributed by atoms with Gasteiger partial charge in [-0.2, -0.15) is 13.2 Å². The summed E-state index contributed by atoms with van der Waals surface area (Å²) < 4.78 is 37.0. The summed E-state index contributed by atoms with van der Waals surface area (Å²) in [5.41, 5.74) is -0.416. The van der Waals surface area contributed by atoms with E-state index >= 15 is 0 Å². The first kappa shape index (κ1) is 10.5. The fourth-order valence-corrected chi connectivity index (χ4v) is 1.36. The molecule has 0 amide bonds. The van der Waals surface area contributed by atoms with Gasteiger partial charge in [-0.1, -0.05) is 22.9 Å². The van der Waals surface area contributed by atoms with Crippen LogP contribution in [0.4, 0.5) is 13.2 Å². The van der Waals surface area contributed by atoms with Crippen LogP contribution in [0, 0.1) is 0 Å². The molecule has 0 saturated heterocycles. The van der Waals surface area contributed by atoms with Gasteiger partial charge >= 0.3 is 6.18 Å². The summed E-state index contributed by atoms with van der Waals surface area (Å²) in [5.74, 6) is 0. The minimum absolute atomic E-state index is 0.409. The van der Waals surface area contributed by atoms with Crippen LogP contribution in [0.2, 0.25) is 0 Å². The van der Waals surface area contributed by atoms with Crippen LogP contribution in [0.15, 0.2) is 16.6 Å². The van der Waals surface area contributed by atoms with Gasteiger partial charge in [-0.05, 0) is 18.6 Å². The maximum Gasteiger partial charge on any atom is 0.433 e. The molecule has 0 N–H and O–H groups in total. The third kappa shape index (κ3) is 2.69. The Kier molecular flexibility index (Phi) is 2.95. The summed E-state index contributed by atoms with van der Waals surface area (Å²) in [5, 5.41) is 0. The Labute approximate surface area is 82.1 Å². The summed E-state index contributed by atoms with van der Waals surface area (Å²) in [6.45, 7) is 1.76. The number of rotatable bonds is 1. The maximum absolute atomic E-state index is 12.2. The summed E-state index contributed by atoms with van der Waals surface area (Å²) in [7, 11) is 0. The van der Waals surface area contributed by atoms with Crippen LogP contribution >= 0.6 is 15.9 Å². The van der Waals surface area contributed by atoms with Crippen LogP contribution < -0.4 is 0 Å². The number of nitrogens with zero attached hydrogens (tertiary/aromatic N) is 1. The normalized spacial score (nSPS) is 11.8. The van der Waals surface area contributed by atoms with Gasteiger partial charge in [0.1, 0.15) is 5.69 Å². The molecule has 0 fully saturated rings. The molecule has 1 aromatic heterocycles. The minimum atomic E-state index is -4.37. The minimum Gasteiger partial charge on any atom is -0.248 e. The van der Waals surface area contributed by atoms with E-state index in [0.717, 1.165) is 6.07 Å². The fourth-order valence-electron chi connectivity index (χ4n) is 0.877. The van der Waals surface area contributed by atoms with Crippen molar-refractivity contribution >= 4 is 15.9 Å². The third-order valence-corrected chi connectivity index (χ3v) is 1.95. The van der Waals surface area contributed by atoms with Gasteiger partial charge in [-0.15, -0.1) is 0 Å². The van der Waals surface area contributed by atoms with Crippen LogP contribution in [0.5, 0.6) is 0 Å². The van der Waals surface area contributed by atoms with E-state index in [2.05, 4.69) is 20.9 Å². The van der Waals surface area contributed by atoms with E-state index in [1.165, 1.54) is 0 Å². The molecule has 5 heteroatoms. The summed E-state index contributed by atoms with van der Waals surface area (Å²) in [6, 6.07) is 2.55. The molecule has 0 bridgehead atoms. The Morgan fingerprint density at radius 1 is 1.38 bits per heavy atom. The molecule has 0 aliphatic carbocycles. The van der Waals surface area contributed by atoms with Crippen molar-refractivity contribution in [2.45, 2.75) is 19.5 Å². The van der Waals surface area contributed by atoms with Crippen LogP contribution in [0.3, 0.4) is 0 Å². The molecule has 1 aromatic rings. The smallest absolute Gasteiger partial charge is 0.248 e. The van der Waals surface area contributed by atoms with Crippen LogP contribution in [0.1, 0.15) is 18.3 Å². The van der Waals surface area contributed by atoms with E-state index in [1.54, 1.807) is 13.0 Å². The zero-order valence-corrected chi connectivity index (χ0v) is 8.41. The number of pyridine rings is 1. The molecule has 13 heavy (non-hydrogen) atoms. The highest BCUT2D eigenvalue weighted by Gasteiger charge is 2.32. The van der Waals surface area contributed by atoms with Gasteiger partial charge in [0.15, 0.2) is 0 Å². The van der Waals surface area contributed by atoms with E-state index in [-0.39, 0.29) is 0 Å². The molecule has 1 heterocycles. The Morgan fingerprint density at radius 3 is 2.46 bits per heavy atom. The predicted molar refractivity (Wildman–Crippen MR) is 46.3 cm³/mol. The number of hydrogen-bond acceptors (Lipinski definition) is 1. The van der Waals surface area contributed by atoms with Crippen LogP contribution in [-0.4, -0.2) is 4.98 Å². The zero-order chi connectivity index (χ0) is 10.1. The lowest BCUT2D eigenvalue weighted by molar-refractivity contribution is -0.141. The maximum atomic E-state index is 12.2. The van der Waals surface area contributed by atoms with Crippen molar-refractivity contribution in [2.75, 3.05) is 0 Å². The van der Waals surface area contributed by atoms with Gasteiger partial charge in [0.25, 0.3) is 0 Å². The average molecular weight is 254 g/mol. The van der Waals surface area contributed by atoms with Crippen molar-refractivity contribution in [3.63, 3.8) is 0 Å². The van der Waals surface area contributed by atoms with E-state index in [9.17, 15) is 13.2 Å². The monoisotopic (exact) mass is 253 g/mol. The van der Waals surface area contributed by atoms with E-state index < -0.39 is 11.9 Å². The lowest BCUT2D eigenvalue weighted by atomic mass is 10.2. The van der Waals surface area contributed by atoms with Crippen molar-refractivity contribution in [3.8, 4) is 0 Å². The first-order valence-electron chi connectivity index (χ1n) is 3.67. The summed E-state index contributed by atoms with van der Waals surface area (Å²) >= 11 is 3.01. The van der Waals surface area contributed by atoms with E-state index in [0.29, 0.717) is 16.6 Å². The van der Waals surface area contributed by atoms with Crippen molar-refractivity contribution in [1.29, 1.82) is 0 Å². The van der Waals surface area contributed by atoms with Gasteiger partial charge in [0, 0.05) is 10.2 Å². The fraction of sp³-hybridized carbons (Fsp3) is 0.375. The molecule has 0 atom stereocenters. The second kappa shape index (κ2) is 3.65. The second-order valence-corrected chi connectivity index (χ2v) is 3.43. The van der Waals surface area contributed by atoms with E-state index in [1.807, 2.05) is 0 Å². The highest BCUT2D eigenvalue weighted by Crippen LogP contribution is 2.29. The lowest BCUT2D eigenvalue weighted by Gasteiger charge is -2.07. The predicted octanol–water partition coefficient (Wildman–Crippen LogP) is 3.43. The molecule has 1 rings (SSSR count). The van der Waals surface area contributed by atoms with Gasteiger partial charge < -0.3 is 0 Å². The van der Waals surface area contributed by atoms with Crippen LogP contribution in [-0.2, 0) is 12.6 Å². The summed E-state index contributed by atoms with van der Waals surface area (Å²) in [6.07, 6.45) is -3.88. The van der Waals surface area contributed by atoms with Crippen LogP contribution in [0.25, 0.3) is 0 Å². The summed E-state index contributed by atoms with van der Waals surface area (Å²) in [4.78, 5) is 3.47. The van der Waals surface area contributed by atoms with Crippen molar-refractivity contribution < 1.29 is 13.2 Å². The molecular weight excluding hydrogens is 247 g/mol. The SMILES string of the molecule is CCc1cc(Br)cc(C(F)(F)F)n1. The average Bonchev–Trinajstić information content (AvgIpc) is 2.01. The van der Waals surface area contributed by atoms with Gasteiger partial charge in [0.2, 0.25) is 0 Å². The third-order valence-electron chi connectivity index (χ3n) is 1.50. The van der Waals surface area contributed by atoms with Crippen molar-refractivity contribution in [1.82, 2.24) is 4.98 Å². The molecule has 0 aromatic carbocycles. The first-order chi connectivity index (χ1) is 5.93. The largest absolute Gasteiger partial charge is 0.433 e. The van der Waals surface area contributed by atoms with Gasteiger partial charge in [-0.25, -0.2) is 4.98 Å². The Morgan fingerprint density at radius 2 is 2.00 bits per heavy atom. The first-order valence-corrected chi connectivity index (χ1v) is 4.46. The Bertz CT molecular complexity index is 309. The molecule has 0 saturated carbocycles. The standard InChI is InChI=1S/C8H7BrF3N/c1-2-6-3-5(9)4-7(13-6)8(10,11)12/h3-4H,2H2,1H3. The van der Waals surface area contributed by atoms with Crippen molar-refractivity contribution in [2.24, 2.45) is 0 Å². The molecular formula is C8H7BrF3N.